The molecule has 5 rings (SSSR count). The van der Waals surface area contributed by atoms with Gasteiger partial charge in [-0.2, -0.15) is 5.10 Å². The predicted octanol–water partition coefficient (Wildman–Crippen LogP) is 4.73. The molecule has 1 aliphatic carbocycles. The predicted molar refractivity (Wildman–Crippen MR) is 109 cm³/mol. The third-order valence-electron chi connectivity index (χ3n) is 5.56. The number of fused-ring (bicyclic) bond motifs is 2. The van der Waals surface area contributed by atoms with Crippen LogP contribution in [0, 0.1) is 11.7 Å². The number of halogens is 5. The van der Waals surface area contributed by atoms with Crippen LogP contribution in [0.1, 0.15) is 24.8 Å². The van der Waals surface area contributed by atoms with Gasteiger partial charge in [-0.05, 0) is 6.42 Å². The van der Waals surface area contributed by atoms with Gasteiger partial charge in [0, 0.05) is 28.6 Å². The molecule has 1 aliphatic rings. The third kappa shape index (κ3) is 3.27. The number of rotatable bonds is 5. The molecule has 3 atom stereocenters. The SMILES string of the molecule is CC(c1c(F)c(Cl)c(-c2cn3cc(NC(=O)[C@@H]4C[C@@H]4F)nc3cn2)c2cn[nH]c12)C(F)F. The van der Waals surface area contributed by atoms with Crippen LogP contribution >= 0.6 is 11.6 Å². The van der Waals surface area contributed by atoms with Crippen LogP contribution in [0.15, 0.2) is 24.8 Å². The number of carbonyl (C=O) groups is 1. The van der Waals surface area contributed by atoms with Crippen molar-refractivity contribution < 1.29 is 22.4 Å². The fraction of sp³-hybridized carbons (Fsp3) is 0.300. The van der Waals surface area contributed by atoms with Crippen molar-refractivity contribution in [3.8, 4) is 11.3 Å². The molecular formula is C20H15ClF4N6O. The molecule has 0 spiro atoms. The lowest BCUT2D eigenvalue weighted by Gasteiger charge is -2.16. The van der Waals surface area contributed by atoms with Gasteiger partial charge in [-0.25, -0.2) is 22.5 Å². The van der Waals surface area contributed by atoms with Crippen LogP contribution in [0.2, 0.25) is 5.02 Å². The van der Waals surface area contributed by atoms with Gasteiger partial charge in [0.25, 0.3) is 0 Å². The lowest BCUT2D eigenvalue weighted by molar-refractivity contribution is -0.117. The molecule has 1 unspecified atom stereocenters. The molecule has 32 heavy (non-hydrogen) atoms. The zero-order valence-electron chi connectivity index (χ0n) is 16.4. The molecule has 0 aliphatic heterocycles. The fourth-order valence-electron chi connectivity index (χ4n) is 3.68. The zero-order valence-corrected chi connectivity index (χ0v) is 17.2. The molecule has 1 amide bonds. The largest absolute Gasteiger partial charge is 0.309 e. The second-order valence-electron chi connectivity index (χ2n) is 7.71. The van der Waals surface area contributed by atoms with Crippen LogP contribution < -0.4 is 5.32 Å². The van der Waals surface area contributed by atoms with Gasteiger partial charge < -0.3 is 9.72 Å². The number of alkyl halides is 3. The maximum absolute atomic E-state index is 15.1. The van der Waals surface area contributed by atoms with Gasteiger partial charge in [0.15, 0.2) is 11.5 Å². The minimum atomic E-state index is -2.80. The van der Waals surface area contributed by atoms with Crippen LogP contribution in [0.5, 0.6) is 0 Å². The van der Waals surface area contributed by atoms with Gasteiger partial charge in [0.1, 0.15) is 12.0 Å². The van der Waals surface area contributed by atoms with E-state index in [0.717, 1.165) is 0 Å². The average Bonchev–Trinajstić information content (AvgIpc) is 3.11. The minimum Gasteiger partial charge on any atom is -0.309 e. The summed E-state index contributed by atoms with van der Waals surface area (Å²) in [4.78, 5) is 20.4. The van der Waals surface area contributed by atoms with Crippen LogP contribution in [0.4, 0.5) is 23.4 Å². The van der Waals surface area contributed by atoms with E-state index in [2.05, 4.69) is 25.5 Å². The average molecular weight is 467 g/mol. The summed E-state index contributed by atoms with van der Waals surface area (Å²) in [5.41, 5.74) is 0.657. The van der Waals surface area contributed by atoms with Gasteiger partial charge in [-0.15, -0.1) is 0 Å². The normalized spacial score (nSPS) is 19.1. The number of nitrogens with zero attached hydrogens (tertiary/aromatic N) is 4. The van der Waals surface area contributed by atoms with Crippen LogP contribution in [-0.2, 0) is 4.79 Å². The standard InChI is InChI=1S/C20H15ClF4N6O/c1-7(19(24)25)14-17(23)16(21)15(9-3-27-30-18(9)14)11-5-31-6-12(28-13(31)4-26-11)29-20(32)8-2-10(8)22/h3-8,10,19H,2H2,1H3,(H,27,30)(H,29,32)/t7?,8-,10+/m1/s1. The lowest BCUT2D eigenvalue weighted by Crippen LogP contribution is -2.15. The Labute approximate surface area is 182 Å². The van der Waals surface area contributed by atoms with Crippen molar-refractivity contribution in [2.24, 2.45) is 5.92 Å². The third-order valence-corrected chi connectivity index (χ3v) is 5.91. The van der Waals surface area contributed by atoms with Gasteiger partial charge in [-0.3, -0.25) is 14.9 Å². The summed E-state index contributed by atoms with van der Waals surface area (Å²) < 4.78 is 56.3. The van der Waals surface area contributed by atoms with Gasteiger partial charge >= 0.3 is 0 Å². The first-order valence-corrected chi connectivity index (χ1v) is 10.1. The molecule has 0 saturated heterocycles. The second kappa shape index (κ2) is 7.44. The van der Waals surface area contributed by atoms with Crippen molar-refractivity contribution in [2.75, 3.05) is 5.32 Å². The number of anilines is 1. The Bertz CT molecular complexity index is 1370. The zero-order chi connectivity index (χ0) is 22.7. The monoisotopic (exact) mass is 466 g/mol. The van der Waals surface area contributed by atoms with E-state index in [9.17, 15) is 18.0 Å². The number of hydrogen-bond acceptors (Lipinski definition) is 4. The second-order valence-corrected chi connectivity index (χ2v) is 8.09. The number of H-pyrrole nitrogens is 1. The highest BCUT2D eigenvalue weighted by molar-refractivity contribution is 6.35. The van der Waals surface area contributed by atoms with Crippen LogP contribution in [0.25, 0.3) is 27.8 Å². The Morgan fingerprint density at radius 1 is 1.34 bits per heavy atom. The number of aromatic amines is 1. The Hall–Kier alpha value is -3.21. The number of aromatic nitrogens is 5. The van der Waals surface area contributed by atoms with Crippen LogP contribution in [-0.4, -0.2) is 43.1 Å². The smallest absolute Gasteiger partial charge is 0.245 e. The Morgan fingerprint density at radius 2 is 2.09 bits per heavy atom. The lowest BCUT2D eigenvalue weighted by atomic mass is 9.95. The molecule has 0 bridgehead atoms. The highest BCUT2D eigenvalue weighted by Crippen LogP contribution is 2.42. The molecule has 12 heteroatoms. The van der Waals surface area contributed by atoms with Crippen molar-refractivity contribution in [1.29, 1.82) is 0 Å². The molecule has 1 saturated carbocycles. The number of nitrogens with one attached hydrogen (secondary N) is 2. The summed E-state index contributed by atoms with van der Waals surface area (Å²) in [6.07, 6.45) is 2.02. The van der Waals surface area contributed by atoms with Gasteiger partial charge in [0.2, 0.25) is 12.3 Å². The summed E-state index contributed by atoms with van der Waals surface area (Å²) in [5, 5.41) is 8.98. The van der Waals surface area contributed by atoms with Crippen molar-refractivity contribution in [3.05, 3.63) is 41.2 Å². The summed E-state index contributed by atoms with van der Waals surface area (Å²) in [5.74, 6) is -3.30. The molecule has 2 N–H and O–H groups in total. The van der Waals surface area contributed by atoms with E-state index in [-0.39, 0.29) is 39.6 Å². The van der Waals surface area contributed by atoms with Crippen molar-refractivity contribution in [2.45, 2.75) is 31.9 Å². The van der Waals surface area contributed by atoms with E-state index in [1.54, 1.807) is 0 Å². The minimum absolute atomic E-state index is 0.111. The van der Waals surface area contributed by atoms with E-state index >= 15 is 4.39 Å². The molecule has 0 radical (unpaired) electrons. The first-order valence-electron chi connectivity index (χ1n) is 9.68. The maximum atomic E-state index is 15.1. The number of benzene rings is 1. The molecule has 1 fully saturated rings. The molecule has 3 aromatic heterocycles. The molecule has 7 nitrogen and oxygen atoms in total. The van der Waals surface area contributed by atoms with E-state index in [1.165, 1.54) is 36.1 Å². The van der Waals surface area contributed by atoms with Crippen molar-refractivity contribution in [1.82, 2.24) is 24.6 Å². The van der Waals surface area contributed by atoms with Gasteiger partial charge in [-0.1, -0.05) is 18.5 Å². The molecule has 1 aromatic carbocycles. The van der Waals surface area contributed by atoms with E-state index < -0.39 is 36.2 Å². The summed E-state index contributed by atoms with van der Waals surface area (Å²) in [6, 6.07) is 0. The van der Waals surface area contributed by atoms with Crippen LogP contribution in [0.3, 0.4) is 0 Å². The summed E-state index contributed by atoms with van der Waals surface area (Å²) >= 11 is 6.28. The Balaban J connectivity index is 1.58. The quantitative estimate of drug-likeness (QED) is 0.416. The maximum Gasteiger partial charge on any atom is 0.245 e. The highest BCUT2D eigenvalue weighted by Gasteiger charge is 2.43. The first kappa shape index (κ1) is 20.7. The highest BCUT2D eigenvalue weighted by atomic mass is 35.5. The van der Waals surface area contributed by atoms with E-state index in [1.807, 2.05) is 0 Å². The number of amides is 1. The molecule has 3 heterocycles. The van der Waals surface area contributed by atoms with Gasteiger partial charge in [0.05, 0.1) is 40.7 Å². The Morgan fingerprint density at radius 3 is 2.78 bits per heavy atom. The van der Waals surface area contributed by atoms with E-state index in [4.69, 9.17) is 11.6 Å². The number of hydrogen-bond donors (Lipinski definition) is 2. The molecular weight excluding hydrogens is 452 g/mol. The Kier molecular flexibility index (Phi) is 4.81. The van der Waals surface area contributed by atoms with Crippen molar-refractivity contribution >= 4 is 39.9 Å². The summed E-state index contributed by atoms with van der Waals surface area (Å²) in [7, 11) is 0. The molecule has 4 aromatic rings. The fourth-order valence-corrected chi connectivity index (χ4v) is 3.98. The topological polar surface area (TPSA) is 88.0 Å². The first-order chi connectivity index (χ1) is 15.3. The summed E-state index contributed by atoms with van der Waals surface area (Å²) in [6.45, 7) is 1.21. The number of carbonyl (C=O) groups excluding carboxylic acids is 1. The molecule has 166 valence electrons. The van der Waals surface area contributed by atoms with Crippen molar-refractivity contribution in [3.63, 3.8) is 0 Å². The van der Waals surface area contributed by atoms with E-state index in [0.29, 0.717) is 11.0 Å². The number of imidazole rings is 1.